The summed E-state index contributed by atoms with van der Waals surface area (Å²) in [7, 11) is 0. The lowest BCUT2D eigenvalue weighted by atomic mass is 9.92. The first-order valence-electron chi connectivity index (χ1n) is 14.4. The van der Waals surface area contributed by atoms with Gasteiger partial charge >= 0.3 is 6.09 Å². The number of alkyl carbamates (subject to hydrolysis) is 1. The van der Waals surface area contributed by atoms with Gasteiger partial charge in [-0.15, -0.1) is 9.73 Å². The fourth-order valence-corrected chi connectivity index (χ4v) is 4.97. The molecule has 38 heavy (non-hydrogen) atoms. The van der Waals surface area contributed by atoms with Gasteiger partial charge in [0.05, 0.1) is 5.69 Å². The van der Waals surface area contributed by atoms with Crippen LogP contribution in [0.25, 0.3) is 17.0 Å². The summed E-state index contributed by atoms with van der Waals surface area (Å²) in [6.07, 6.45) is 15.3. The number of ether oxygens (including phenoxy) is 1. The molecule has 0 radical (unpaired) electrons. The van der Waals surface area contributed by atoms with Crippen molar-refractivity contribution in [1.82, 2.24) is 25.1 Å². The molecule has 0 aliphatic carbocycles. The number of unbranched alkanes of at least 4 members (excludes halogenated alkanes) is 11. The zero-order valence-corrected chi connectivity index (χ0v) is 24.5. The monoisotopic (exact) mass is 543 g/mol. The average Bonchev–Trinajstić information content (AvgIpc) is 3.45. The Balaban J connectivity index is 1.28. The van der Waals surface area contributed by atoms with Crippen LogP contribution in [-0.2, 0) is 16.8 Å². The zero-order chi connectivity index (χ0) is 27.4. The molecule has 0 fully saturated rings. The molecule has 0 spiro atoms. The summed E-state index contributed by atoms with van der Waals surface area (Å²) in [5.74, 6) is 0.683. The second-order valence-electron chi connectivity index (χ2n) is 11.3. The Morgan fingerprint density at radius 1 is 0.921 bits per heavy atom. The molecular formula is C30H46ClN5O2. The first-order valence-corrected chi connectivity index (χ1v) is 14.8. The highest BCUT2D eigenvalue weighted by Crippen LogP contribution is 2.31. The van der Waals surface area contributed by atoms with Gasteiger partial charge in [0.15, 0.2) is 11.5 Å². The maximum Gasteiger partial charge on any atom is 0.407 e. The van der Waals surface area contributed by atoms with Crippen LogP contribution >= 0.6 is 11.6 Å². The summed E-state index contributed by atoms with van der Waals surface area (Å²) in [6.45, 7) is 9.37. The lowest BCUT2D eigenvalue weighted by Gasteiger charge is -2.14. The molecule has 2 heterocycles. The van der Waals surface area contributed by atoms with Crippen LogP contribution in [0.1, 0.15) is 116 Å². The van der Waals surface area contributed by atoms with E-state index in [1.54, 1.807) is 4.63 Å². The van der Waals surface area contributed by atoms with Gasteiger partial charge in [-0.25, -0.2) is 4.79 Å². The van der Waals surface area contributed by atoms with E-state index in [2.05, 4.69) is 48.2 Å². The summed E-state index contributed by atoms with van der Waals surface area (Å²) in [5, 5.41) is 12.5. The van der Waals surface area contributed by atoms with Gasteiger partial charge in [0.1, 0.15) is 11.6 Å². The summed E-state index contributed by atoms with van der Waals surface area (Å²) < 4.78 is 6.92. The largest absolute Gasteiger partial charge is 0.445 e. The number of carbonyl (C=O) groups excluding carboxylic acids is 1. The third-order valence-corrected chi connectivity index (χ3v) is 7.21. The predicted molar refractivity (Wildman–Crippen MR) is 156 cm³/mol. The molecule has 2 aromatic heterocycles. The van der Waals surface area contributed by atoms with Crippen molar-refractivity contribution in [1.29, 1.82) is 0 Å². The molecule has 7 nitrogen and oxygen atoms in total. The van der Waals surface area contributed by atoms with Crippen LogP contribution in [0.4, 0.5) is 4.79 Å². The summed E-state index contributed by atoms with van der Waals surface area (Å²) in [6, 6.07) is 7.75. The predicted octanol–water partition coefficient (Wildman–Crippen LogP) is 8.60. The minimum atomic E-state index is -0.367. The summed E-state index contributed by atoms with van der Waals surface area (Å²) in [4.78, 5) is 15.3. The molecule has 0 unspecified atom stereocenters. The van der Waals surface area contributed by atoms with Crippen molar-refractivity contribution in [3.8, 4) is 11.4 Å². The van der Waals surface area contributed by atoms with Crippen molar-refractivity contribution in [2.24, 2.45) is 0 Å². The number of halogens is 1. The third-order valence-electron chi connectivity index (χ3n) is 6.85. The Kier molecular flexibility index (Phi) is 12.0. The highest BCUT2D eigenvalue weighted by atomic mass is 35.5. The van der Waals surface area contributed by atoms with Crippen molar-refractivity contribution in [2.75, 3.05) is 6.54 Å². The van der Waals surface area contributed by atoms with Crippen molar-refractivity contribution in [3.05, 3.63) is 40.5 Å². The van der Waals surface area contributed by atoms with E-state index in [1.807, 2.05) is 24.3 Å². The highest BCUT2D eigenvalue weighted by molar-refractivity contribution is 6.34. The van der Waals surface area contributed by atoms with Gasteiger partial charge in [0, 0.05) is 17.5 Å². The number of fused-ring (bicyclic) bond motifs is 1. The van der Waals surface area contributed by atoms with Crippen LogP contribution in [0.15, 0.2) is 24.3 Å². The first-order chi connectivity index (χ1) is 18.3. The number of carbonyl (C=O) groups is 1. The molecule has 0 saturated heterocycles. The van der Waals surface area contributed by atoms with Gasteiger partial charge in [-0.2, -0.15) is 5.10 Å². The van der Waals surface area contributed by atoms with Crippen LogP contribution in [0.5, 0.6) is 0 Å². The molecule has 0 aliphatic heterocycles. The molecule has 3 aromatic rings. The average molecular weight is 544 g/mol. The maximum absolute atomic E-state index is 12.0. The molecule has 0 aliphatic rings. The second-order valence-corrected chi connectivity index (χ2v) is 11.7. The van der Waals surface area contributed by atoms with E-state index in [9.17, 15) is 4.79 Å². The van der Waals surface area contributed by atoms with Gasteiger partial charge in [-0.05, 0) is 12.0 Å². The number of benzene rings is 1. The van der Waals surface area contributed by atoms with Crippen LogP contribution in [0, 0.1) is 0 Å². The molecule has 210 valence electrons. The highest BCUT2D eigenvalue weighted by Gasteiger charge is 2.25. The minimum absolute atomic E-state index is 0.160. The Morgan fingerprint density at radius 2 is 1.50 bits per heavy atom. The van der Waals surface area contributed by atoms with Crippen molar-refractivity contribution in [3.63, 3.8) is 0 Å². The molecule has 1 amide bonds. The first kappa shape index (κ1) is 30.0. The second kappa shape index (κ2) is 15.2. The van der Waals surface area contributed by atoms with E-state index in [0.717, 1.165) is 29.7 Å². The summed E-state index contributed by atoms with van der Waals surface area (Å²) >= 11 is 6.53. The van der Waals surface area contributed by atoms with E-state index >= 15 is 0 Å². The Hall–Kier alpha value is -2.54. The van der Waals surface area contributed by atoms with Gasteiger partial charge < -0.3 is 15.0 Å². The van der Waals surface area contributed by atoms with Gasteiger partial charge in [-0.3, -0.25) is 0 Å². The number of hydrogen-bond acceptors (Lipinski definition) is 4. The normalized spacial score (nSPS) is 11.8. The minimum Gasteiger partial charge on any atom is -0.445 e. The molecule has 1 aromatic carbocycles. The van der Waals surface area contributed by atoms with Crippen LogP contribution < -0.4 is 5.32 Å². The molecule has 2 N–H and O–H groups in total. The topological polar surface area (TPSA) is 84.3 Å². The lowest BCUT2D eigenvalue weighted by Crippen LogP contribution is -2.25. The van der Waals surface area contributed by atoms with Crippen molar-refractivity contribution >= 4 is 23.3 Å². The number of aromatic nitrogens is 4. The lowest BCUT2D eigenvalue weighted by molar-refractivity contribution is 0.139. The van der Waals surface area contributed by atoms with E-state index < -0.39 is 0 Å². The Labute approximate surface area is 233 Å². The number of H-pyrrole nitrogens is 1. The Bertz CT molecular complexity index is 1110. The number of nitrogens with one attached hydrogen (secondary N) is 2. The van der Waals surface area contributed by atoms with Gasteiger partial charge in [-0.1, -0.05) is 134 Å². The number of aromatic amines is 1. The third kappa shape index (κ3) is 9.33. The van der Waals surface area contributed by atoms with Gasteiger partial charge in [0.25, 0.3) is 0 Å². The van der Waals surface area contributed by atoms with E-state index in [1.165, 1.54) is 64.2 Å². The van der Waals surface area contributed by atoms with Gasteiger partial charge in [0.2, 0.25) is 0 Å². The Morgan fingerprint density at radius 3 is 2.05 bits per heavy atom. The van der Waals surface area contributed by atoms with Crippen molar-refractivity contribution < 1.29 is 9.53 Å². The smallest absolute Gasteiger partial charge is 0.407 e. The van der Waals surface area contributed by atoms with Crippen molar-refractivity contribution in [2.45, 2.75) is 117 Å². The molecule has 0 atom stereocenters. The van der Waals surface area contributed by atoms with Crippen LogP contribution in [0.3, 0.4) is 0 Å². The number of amides is 1. The zero-order valence-electron chi connectivity index (χ0n) is 23.7. The maximum atomic E-state index is 12.0. The van der Waals surface area contributed by atoms with E-state index in [0.29, 0.717) is 23.0 Å². The van der Waals surface area contributed by atoms with Crippen LogP contribution in [-0.4, -0.2) is 32.4 Å². The molecule has 3 rings (SSSR count). The fourth-order valence-electron chi connectivity index (χ4n) is 4.52. The molecule has 0 saturated carbocycles. The number of nitrogens with zero attached hydrogens (tertiary/aromatic N) is 3. The van der Waals surface area contributed by atoms with Crippen LogP contribution in [0.2, 0.25) is 5.02 Å². The fraction of sp³-hybridized carbons (Fsp3) is 0.633. The number of rotatable bonds is 16. The number of hydrogen-bond donors (Lipinski definition) is 2. The van der Waals surface area contributed by atoms with E-state index in [-0.39, 0.29) is 18.1 Å². The molecular weight excluding hydrogens is 498 g/mol. The summed E-state index contributed by atoms with van der Waals surface area (Å²) in [5.41, 5.74) is 3.16. The quantitative estimate of drug-likeness (QED) is 0.177. The molecule has 8 heteroatoms. The molecule has 0 bridgehead atoms. The SMILES string of the molecule is CCCCCCCCCCCCCCNC(=O)OCc1ccc(-c2nn3nc(C(C)(C)C)c(Cl)c3[nH]2)cc1. The van der Waals surface area contributed by atoms with E-state index in [4.69, 9.17) is 16.3 Å². The standard InChI is InChI=1S/C30H46ClN5O2/c1-5-6-7-8-9-10-11-12-13-14-15-16-21-32-29(37)38-22-23-17-19-24(20-18-23)27-33-28-25(31)26(30(2,3)4)34-36(28)35-27/h17-20H,5-16,21-22H2,1-4H3,(H,32,37)(H,33,35).